The normalized spacial score (nSPS) is 16.3. The Bertz CT molecular complexity index is 1740. The molecule has 10 heteroatoms. The van der Waals surface area contributed by atoms with Crippen LogP contribution in [0.25, 0.3) is 33.4 Å². The predicted octanol–water partition coefficient (Wildman–Crippen LogP) is 6.09. The van der Waals surface area contributed by atoms with E-state index in [1.165, 1.54) is 36.0 Å². The van der Waals surface area contributed by atoms with Crippen LogP contribution < -0.4 is 5.56 Å². The molecule has 0 amide bonds. The largest absolute Gasteiger partial charge is 0.431 e. The fourth-order valence-electron chi connectivity index (χ4n) is 5.14. The van der Waals surface area contributed by atoms with Gasteiger partial charge in [-0.05, 0) is 60.9 Å². The molecule has 0 unspecified atom stereocenters. The second kappa shape index (κ2) is 8.56. The number of sulfone groups is 1. The Morgan fingerprint density at radius 1 is 1.00 bits per heavy atom. The van der Waals surface area contributed by atoms with Crippen molar-refractivity contribution in [2.45, 2.75) is 55.6 Å². The van der Waals surface area contributed by atoms with Gasteiger partial charge >= 0.3 is 6.18 Å². The van der Waals surface area contributed by atoms with E-state index in [9.17, 15) is 26.4 Å². The highest BCUT2D eigenvalue weighted by Gasteiger charge is 2.40. The van der Waals surface area contributed by atoms with Gasteiger partial charge in [-0.3, -0.25) is 14.3 Å². The number of halogens is 3. The van der Waals surface area contributed by atoms with E-state index in [-0.39, 0.29) is 32.9 Å². The smallest absolute Gasteiger partial charge is 0.338 e. The zero-order valence-corrected chi connectivity index (χ0v) is 21.7. The van der Waals surface area contributed by atoms with Gasteiger partial charge in [0.05, 0.1) is 16.3 Å². The first-order valence-corrected chi connectivity index (χ1v) is 14.3. The molecule has 1 aromatic carbocycles. The summed E-state index contributed by atoms with van der Waals surface area (Å²) in [6, 6.07) is 11.5. The number of hydrogen-bond donors (Lipinski definition) is 0. The third-order valence-electron chi connectivity index (χ3n) is 7.54. The Balaban J connectivity index is 1.54. The van der Waals surface area contributed by atoms with E-state index in [1.807, 2.05) is 24.3 Å². The minimum atomic E-state index is -4.70. The van der Waals surface area contributed by atoms with Gasteiger partial charge in [-0.15, -0.1) is 0 Å². The lowest BCUT2D eigenvalue weighted by Gasteiger charge is -2.15. The number of alkyl halides is 3. The molecule has 2 aliphatic rings. The van der Waals surface area contributed by atoms with E-state index >= 15 is 0 Å². The molecule has 3 aromatic heterocycles. The molecule has 0 N–H and O–H groups in total. The maximum absolute atomic E-state index is 13.9. The summed E-state index contributed by atoms with van der Waals surface area (Å²) in [5.74, 6) is 0.414. The van der Waals surface area contributed by atoms with Gasteiger partial charge in [0, 0.05) is 30.2 Å². The van der Waals surface area contributed by atoms with Crippen molar-refractivity contribution in [2.24, 2.45) is 7.05 Å². The van der Waals surface area contributed by atoms with Crippen LogP contribution in [0.2, 0.25) is 0 Å². The summed E-state index contributed by atoms with van der Waals surface area (Å²) >= 11 is 0. The Morgan fingerprint density at radius 3 is 2.26 bits per heavy atom. The Hall–Kier alpha value is -3.40. The molecule has 2 aliphatic carbocycles. The molecule has 38 heavy (non-hydrogen) atoms. The van der Waals surface area contributed by atoms with Crippen LogP contribution in [0.4, 0.5) is 13.2 Å². The fourth-order valence-corrected chi connectivity index (χ4v) is 6.21. The lowest BCUT2D eigenvalue weighted by atomic mass is 10.0. The lowest BCUT2D eigenvalue weighted by Crippen LogP contribution is -2.28. The van der Waals surface area contributed by atoms with E-state index in [0.717, 1.165) is 16.2 Å². The zero-order chi connectivity index (χ0) is 27.0. The second-order valence-corrected chi connectivity index (χ2v) is 12.4. The maximum Gasteiger partial charge on any atom is 0.431 e. The Kier molecular flexibility index (Phi) is 5.61. The minimum Gasteiger partial charge on any atom is -0.338 e. The van der Waals surface area contributed by atoms with Gasteiger partial charge < -0.3 is 4.57 Å². The third kappa shape index (κ3) is 4.15. The Labute approximate surface area is 217 Å². The highest BCUT2D eigenvalue weighted by atomic mass is 32.2. The van der Waals surface area contributed by atoms with Crippen LogP contribution in [0.3, 0.4) is 0 Å². The lowest BCUT2D eigenvalue weighted by molar-refractivity contribution is -0.144. The zero-order valence-electron chi connectivity index (χ0n) is 20.9. The van der Waals surface area contributed by atoms with Crippen molar-refractivity contribution in [3.63, 3.8) is 0 Å². The van der Waals surface area contributed by atoms with Gasteiger partial charge in [0.15, 0.2) is 9.84 Å². The van der Waals surface area contributed by atoms with E-state index in [0.29, 0.717) is 24.3 Å². The van der Waals surface area contributed by atoms with Gasteiger partial charge in [0.2, 0.25) is 0 Å². The fraction of sp³-hybridized carbons (Fsp3) is 0.357. The summed E-state index contributed by atoms with van der Waals surface area (Å²) in [5, 5.41) is 0.0955. The van der Waals surface area contributed by atoms with Crippen LogP contribution in [0, 0.1) is 0 Å². The van der Waals surface area contributed by atoms with Crippen molar-refractivity contribution in [2.75, 3.05) is 5.75 Å². The van der Waals surface area contributed by atoms with Crippen LogP contribution in [0.15, 0.2) is 58.4 Å². The number of benzene rings is 1. The highest BCUT2D eigenvalue weighted by Crippen LogP contribution is 2.42. The predicted molar refractivity (Wildman–Crippen MR) is 139 cm³/mol. The van der Waals surface area contributed by atoms with Crippen molar-refractivity contribution < 1.29 is 21.6 Å². The molecule has 0 radical (unpaired) electrons. The first-order chi connectivity index (χ1) is 18.0. The van der Waals surface area contributed by atoms with E-state index in [2.05, 4.69) is 4.98 Å². The average Bonchev–Trinajstić information content (AvgIpc) is 3.81. The van der Waals surface area contributed by atoms with E-state index in [1.54, 1.807) is 19.3 Å². The summed E-state index contributed by atoms with van der Waals surface area (Å²) in [6.07, 6.45) is 0.241. The van der Waals surface area contributed by atoms with Gasteiger partial charge in [-0.25, -0.2) is 8.42 Å². The van der Waals surface area contributed by atoms with Crippen molar-refractivity contribution >= 4 is 20.7 Å². The standard InChI is InChI=1S/C28H26F3N3O3S/c1-3-38(36,37)23-13-20(18-8-6-17(7-9-18)16-4-5-16)15-32-25(23)22-12-19-14-24(28(29,30)31)34(21-10-11-21)27(35)26(19)33(22)2/h6-9,12-16,21H,3-5,10-11H2,1-2H3. The van der Waals surface area contributed by atoms with Gasteiger partial charge in [-0.2, -0.15) is 13.2 Å². The van der Waals surface area contributed by atoms with Crippen molar-refractivity contribution in [3.8, 4) is 22.5 Å². The molecule has 198 valence electrons. The monoisotopic (exact) mass is 541 g/mol. The first kappa shape index (κ1) is 24.9. The Morgan fingerprint density at radius 2 is 1.68 bits per heavy atom. The number of hydrogen-bond acceptors (Lipinski definition) is 4. The molecular weight excluding hydrogens is 515 g/mol. The molecule has 2 fully saturated rings. The summed E-state index contributed by atoms with van der Waals surface area (Å²) in [4.78, 5) is 17.8. The van der Waals surface area contributed by atoms with Gasteiger partial charge in [0.25, 0.3) is 5.56 Å². The van der Waals surface area contributed by atoms with Crippen LogP contribution in [0.1, 0.15) is 55.8 Å². The molecule has 0 spiro atoms. The van der Waals surface area contributed by atoms with Gasteiger partial charge in [0.1, 0.15) is 16.9 Å². The topological polar surface area (TPSA) is 74.0 Å². The summed E-state index contributed by atoms with van der Waals surface area (Å²) in [6.45, 7) is 1.53. The van der Waals surface area contributed by atoms with Gasteiger partial charge in [-0.1, -0.05) is 31.2 Å². The quantitative estimate of drug-likeness (QED) is 0.296. The molecular formula is C28H26F3N3O3S. The number of pyridine rings is 2. The number of aromatic nitrogens is 3. The number of rotatable bonds is 6. The summed E-state index contributed by atoms with van der Waals surface area (Å²) in [5.41, 5.74) is 1.42. The molecule has 0 saturated heterocycles. The van der Waals surface area contributed by atoms with Crippen molar-refractivity contribution in [1.29, 1.82) is 0 Å². The van der Waals surface area contributed by atoms with E-state index in [4.69, 9.17) is 0 Å². The maximum atomic E-state index is 13.9. The molecule has 0 aliphatic heterocycles. The third-order valence-corrected chi connectivity index (χ3v) is 9.28. The molecule has 3 heterocycles. The van der Waals surface area contributed by atoms with E-state index < -0.39 is 33.3 Å². The SMILES string of the molecule is CCS(=O)(=O)c1cc(-c2ccc(C3CC3)cc2)cnc1-c1cc2cc(C(F)(F)F)n(C3CC3)c(=O)c2n1C. The molecule has 6 nitrogen and oxygen atoms in total. The summed E-state index contributed by atoms with van der Waals surface area (Å²) in [7, 11) is -2.21. The van der Waals surface area contributed by atoms with Crippen LogP contribution in [-0.2, 0) is 23.1 Å². The van der Waals surface area contributed by atoms with Crippen LogP contribution >= 0.6 is 0 Å². The highest BCUT2D eigenvalue weighted by molar-refractivity contribution is 7.91. The average molecular weight is 542 g/mol. The van der Waals surface area contributed by atoms with Crippen molar-refractivity contribution in [3.05, 3.63) is 70.3 Å². The number of fused-ring (bicyclic) bond motifs is 1. The van der Waals surface area contributed by atoms with Crippen LogP contribution in [-0.4, -0.2) is 28.3 Å². The molecule has 0 bridgehead atoms. The first-order valence-electron chi connectivity index (χ1n) is 12.6. The second-order valence-electron chi connectivity index (χ2n) is 10.2. The molecule has 0 atom stereocenters. The molecule has 2 saturated carbocycles. The molecule has 4 aromatic rings. The number of nitrogens with zero attached hydrogens (tertiary/aromatic N) is 3. The number of aryl methyl sites for hydroxylation is 1. The van der Waals surface area contributed by atoms with Crippen LogP contribution in [0.5, 0.6) is 0 Å². The molecule has 6 rings (SSSR count). The minimum absolute atomic E-state index is 0.0201. The summed E-state index contributed by atoms with van der Waals surface area (Å²) < 4.78 is 70.3. The van der Waals surface area contributed by atoms with Crippen molar-refractivity contribution in [1.82, 2.24) is 14.1 Å².